The maximum absolute atomic E-state index is 12.7. The highest BCUT2D eigenvalue weighted by Crippen LogP contribution is 2.29. The molecule has 2 aliphatic rings. The minimum absolute atomic E-state index is 0.117. The van der Waals surface area contributed by atoms with E-state index in [1.54, 1.807) is 6.20 Å². The summed E-state index contributed by atoms with van der Waals surface area (Å²) in [5.74, 6) is 0.968. The van der Waals surface area contributed by atoms with Crippen LogP contribution in [0.15, 0.2) is 48.8 Å². The monoisotopic (exact) mass is 323 g/mol. The van der Waals surface area contributed by atoms with E-state index in [0.29, 0.717) is 12.5 Å². The number of rotatable bonds is 3. The zero-order valence-electron chi connectivity index (χ0n) is 13.5. The maximum atomic E-state index is 12.7. The van der Waals surface area contributed by atoms with Crippen molar-refractivity contribution >= 4 is 11.6 Å². The fourth-order valence-corrected chi connectivity index (χ4v) is 3.45. The van der Waals surface area contributed by atoms with Crippen molar-refractivity contribution in [3.05, 3.63) is 54.4 Å². The smallest absolute Gasteiger partial charge is 0.263 e. The van der Waals surface area contributed by atoms with Crippen molar-refractivity contribution in [1.29, 1.82) is 0 Å². The third kappa shape index (κ3) is 3.07. The molecule has 0 spiro atoms. The first-order valence-corrected chi connectivity index (χ1v) is 8.49. The fraction of sp³-hybridized carbons (Fsp3) is 0.368. The van der Waals surface area contributed by atoms with Crippen LogP contribution >= 0.6 is 0 Å². The molecule has 0 aliphatic carbocycles. The number of hydrogen-bond donors (Lipinski definition) is 1. The number of carbonyl (C=O) groups excluding carboxylic acids is 1. The molecule has 1 fully saturated rings. The van der Waals surface area contributed by atoms with Gasteiger partial charge in [-0.05, 0) is 36.6 Å². The topological polar surface area (TPSA) is 54.5 Å². The zero-order chi connectivity index (χ0) is 16.4. The van der Waals surface area contributed by atoms with Crippen molar-refractivity contribution < 1.29 is 9.53 Å². The van der Waals surface area contributed by atoms with Crippen molar-refractivity contribution in [1.82, 2.24) is 9.88 Å². The molecule has 24 heavy (non-hydrogen) atoms. The molecule has 1 N–H and O–H groups in total. The largest absolute Gasteiger partial charge is 0.480 e. The molecule has 1 aromatic heterocycles. The Kier molecular flexibility index (Phi) is 4.07. The van der Waals surface area contributed by atoms with Gasteiger partial charge in [-0.3, -0.25) is 9.78 Å². The number of hydrogen-bond acceptors (Lipinski definition) is 4. The van der Waals surface area contributed by atoms with Crippen molar-refractivity contribution in [3.63, 3.8) is 0 Å². The van der Waals surface area contributed by atoms with Gasteiger partial charge in [0.25, 0.3) is 5.91 Å². The van der Waals surface area contributed by atoms with Crippen LogP contribution in [-0.2, 0) is 11.2 Å². The summed E-state index contributed by atoms with van der Waals surface area (Å²) in [5.41, 5.74) is 2.17. The van der Waals surface area contributed by atoms with Crippen LogP contribution in [0.25, 0.3) is 0 Å². The van der Waals surface area contributed by atoms with Gasteiger partial charge >= 0.3 is 0 Å². The highest BCUT2D eigenvalue weighted by molar-refractivity contribution is 5.82. The summed E-state index contributed by atoms with van der Waals surface area (Å²) in [6.07, 6.45) is 5.82. The van der Waals surface area contributed by atoms with E-state index >= 15 is 0 Å². The highest BCUT2D eigenvalue weighted by Gasteiger charge is 2.33. The van der Waals surface area contributed by atoms with Crippen LogP contribution < -0.4 is 10.1 Å². The van der Waals surface area contributed by atoms with E-state index in [-0.39, 0.29) is 12.0 Å². The van der Waals surface area contributed by atoms with Gasteiger partial charge in [0.15, 0.2) is 6.10 Å². The lowest BCUT2D eigenvalue weighted by molar-refractivity contribution is -0.138. The molecule has 4 rings (SSSR count). The minimum atomic E-state index is -0.356. The Morgan fingerprint density at radius 3 is 2.75 bits per heavy atom. The molecule has 3 heterocycles. The average Bonchev–Trinajstić information content (AvgIpc) is 3.07. The number of para-hydroxylation sites is 1. The standard InChI is InChI=1S/C19H21N3O2/c23-19(18-12-14-4-1-2-6-17(14)24-18)22-10-7-15(8-11-22)21-16-5-3-9-20-13-16/h1-6,9,13,15,18,21H,7-8,10-12H2/t18-/m0/s1. The number of likely N-dealkylation sites (tertiary alicyclic amines) is 1. The van der Waals surface area contributed by atoms with Gasteiger partial charge in [-0.25, -0.2) is 0 Å². The molecular weight excluding hydrogens is 302 g/mol. The molecule has 1 saturated heterocycles. The van der Waals surface area contributed by atoms with Crippen LogP contribution in [0.5, 0.6) is 5.75 Å². The van der Waals surface area contributed by atoms with E-state index in [1.807, 2.05) is 47.5 Å². The highest BCUT2D eigenvalue weighted by atomic mass is 16.5. The Bertz CT molecular complexity index is 687. The lowest BCUT2D eigenvalue weighted by Gasteiger charge is -2.34. The van der Waals surface area contributed by atoms with Gasteiger partial charge in [0.1, 0.15) is 5.75 Å². The normalized spacial score (nSPS) is 20.3. The summed E-state index contributed by atoms with van der Waals surface area (Å²) in [5, 5.41) is 3.49. The van der Waals surface area contributed by atoms with Crippen molar-refractivity contribution in [2.75, 3.05) is 18.4 Å². The first kappa shape index (κ1) is 15.0. The lowest BCUT2D eigenvalue weighted by atomic mass is 10.0. The Morgan fingerprint density at radius 1 is 1.17 bits per heavy atom. The predicted molar refractivity (Wildman–Crippen MR) is 92.0 cm³/mol. The Labute approximate surface area is 141 Å². The summed E-state index contributed by atoms with van der Waals surface area (Å²) in [4.78, 5) is 18.8. The van der Waals surface area contributed by atoms with Crippen molar-refractivity contribution in [2.45, 2.75) is 31.4 Å². The number of aromatic nitrogens is 1. The maximum Gasteiger partial charge on any atom is 0.263 e. The molecule has 2 aromatic rings. The molecule has 124 valence electrons. The van der Waals surface area contributed by atoms with Gasteiger partial charge in [0.2, 0.25) is 0 Å². The molecule has 2 aliphatic heterocycles. The quantitative estimate of drug-likeness (QED) is 0.943. The average molecular weight is 323 g/mol. The number of fused-ring (bicyclic) bond motifs is 1. The van der Waals surface area contributed by atoms with Crippen LogP contribution in [0.2, 0.25) is 0 Å². The van der Waals surface area contributed by atoms with Gasteiger partial charge in [0.05, 0.1) is 5.69 Å². The van der Waals surface area contributed by atoms with Gasteiger partial charge in [-0.15, -0.1) is 0 Å². The molecule has 1 aromatic carbocycles. The van der Waals surface area contributed by atoms with E-state index in [0.717, 1.165) is 42.9 Å². The second-order valence-electron chi connectivity index (χ2n) is 6.40. The predicted octanol–water partition coefficient (Wildman–Crippen LogP) is 2.49. The fourth-order valence-electron chi connectivity index (χ4n) is 3.45. The number of nitrogens with one attached hydrogen (secondary N) is 1. The number of carbonyl (C=O) groups is 1. The molecule has 0 unspecified atom stereocenters. The summed E-state index contributed by atoms with van der Waals surface area (Å²) in [7, 11) is 0. The second-order valence-corrected chi connectivity index (χ2v) is 6.40. The third-order valence-corrected chi connectivity index (χ3v) is 4.76. The molecule has 0 radical (unpaired) electrons. The van der Waals surface area contributed by atoms with Gasteiger partial charge in [-0.2, -0.15) is 0 Å². The summed E-state index contributed by atoms with van der Waals surface area (Å²) in [6, 6.07) is 12.2. The first-order valence-electron chi connectivity index (χ1n) is 8.49. The molecule has 1 atom stereocenters. The number of piperidine rings is 1. The van der Waals surface area contributed by atoms with E-state index in [9.17, 15) is 4.79 Å². The van der Waals surface area contributed by atoms with Crippen LogP contribution in [0.1, 0.15) is 18.4 Å². The van der Waals surface area contributed by atoms with E-state index < -0.39 is 0 Å². The molecular formula is C19H21N3O2. The van der Waals surface area contributed by atoms with Gasteiger partial charge < -0.3 is 15.0 Å². The van der Waals surface area contributed by atoms with E-state index in [4.69, 9.17) is 4.74 Å². The van der Waals surface area contributed by atoms with Crippen LogP contribution in [-0.4, -0.2) is 41.0 Å². The molecule has 1 amide bonds. The number of benzene rings is 1. The number of anilines is 1. The third-order valence-electron chi connectivity index (χ3n) is 4.76. The zero-order valence-corrected chi connectivity index (χ0v) is 13.5. The van der Waals surface area contributed by atoms with Crippen LogP contribution in [0.4, 0.5) is 5.69 Å². The molecule has 0 bridgehead atoms. The SMILES string of the molecule is O=C([C@@H]1Cc2ccccc2O1)N1CCC(Nc2cccnc2)CC1. The molecule has 0 saturated carbocycles. The van der Waals surface area contributed by atoms with E-state index in [1.165, 1.54) is 0 Å². The second kappa shape index (κ2) is 6.51. The molecule has 5 heteroatoms. The van der Waals surface area contributed by atoms with Crippen molar-refractivity contribution in [2.24, 2.45) is 0 Å². The van der Waals surface area contributed by atoms with E-state index in [2.05, 4.69) is 10.3 Å². The first-order chi connectivity index (χ1) is 11.8. The minimum Gasteiger partial charge on any atom is -0.480 e. The summed E-state index contributed by atoms with van der Waals surface area (Å²) >= 11 is 0. The number of pyridine rings is 1. The van der Waals surface area contributed by atoms with Gasteiger partial charge in [0, 0.05) is 37.9 Å². The lowest BCUT2D eigenvalue weighted by Crippen LogP contribution is -2.47. The van der Waals surface area contributed by atoms with Crippen LogP contribution in [0.3, 0.4) is 0 Å². The Balaban J connectivity index is 1.31. The number of ether oxygens (including phenoxy) is 1. The number of amides is 1. The van der Waals surface area contributed by atoms with Gasteiger partial charge in [-0.1, -0.05) is 18.2 Å². The van der Waals surface area contributed by atoms with Crippen LogP contribution in [0, 0.1) is 0 Å². The number of nitrogens with zero attached hydrogens (tertiary/aromatic N) is 2. The Hall–Kier alpha value is -2.56. The Morgan fingerprint density at radius 2 is 2.00 bits per heavy atom. The summed E-state index contributed by atoms with van der Waals surface area (Å²) < 4.78 is 5.83. The van der Waals surface area contributed by atoms with Crippen molar-refractivity contribution in [3.8, 4) is 5.75 Å². The molecule has 5 nitrogen and oxygen atoms in total. The summed E-state index contributed by atoms with van der Waals surface area (Å²) in [6.45, 7) is 1.54.